The predicted octanol–water partition coefficient (Wildman–Crippen LogP) is 3.28. The van der Waals surface area contributed by atoms with Gasteiger partial charge in [-0.1, -0.05) is 13.8 Å². The van der Waals surface area contributed by atoms with Crippen LogP contribution >= 0.6 is 23.7 Å². The fraction of sp³-hybridized carbons (Fsp3) is 0.333. The second-order valence-corrected chi connectivity index (χ2v) is 5.90. The Labute approximate surface area is 140 Å². The van der Waals surface area contributed by atoms with Crippen molar-refractivity contribution in [1.29, 1.82) is 0 Å². The number of nitrogens with two attached hydrogens (primary N) is 1. The molecule has 1 aromatic carbocycles. The van der Waals surface area contributed by atoms with Crippen molar-refractivity contribution in [2.75, 3.05) is 18.5 Å². The third kappa shape index (κ3) is 4.98. The minimum Gasteiger partial charge on any atom is -0.492 e. The molecule has 0 fully saturated rings. The first-order valence-corrected chi connectivity index (χ1v) is 7.62. The summed E-state index contributed by atoms with van der Waals surface area (Å²) in [6.07, 6.45) is 1.62. The number of benzene rings is 1. The fourth-order valence-electron chi connectivity index (χ4n) is 1.66. The maximum Gasteiger partial charge on any atom is 0.267 e. The van der Waals surface area contributed by atoms with E-state index >= 15 is 0 Å². The van der Waals surface area contributed by atoms with Crippen molar-refractivity contribution in [2.24, 2.45) is 5.73 Å². The molecule has 0 radical (unpaired) electrons. The Bertz CT molecular complexity index is 599. The number of amides is 1. The van der Waals surface area contributed by atoms with Gasteiger partial charge in [-0.15, -0.1) is 23.7 Å². The molecular formula is C15H20ClN3O2S. The standard InChI is InChI=1S/C15H19N3O2S.ClH/c1-10(2)15-17-9-13(21-15)14(19)18-11-3-5-12(6-4-11)20-8-7-16;/h3-6,9-10H,7-8,16H2,1-2H3,(H,18,19);1H. The van der Waals surface area contributed by atoms with Gasteiger partial charge >= 0.3 is 0 Å². The lowest BCUT2D eigenvalue weighted by molar-refractivity contribution is 0.103. The van der Waals surface area contributed by atoms with Crippen LogP contribution in [0.1, 0.15) is 34.4 Å². The highest BCUT2D eigenvalue weighted by atomic mass is 35.5. The number of hydrogen-bond donors (Lipinski definition) is 2. The number of nitrogens with zero attached hydrogens (tertiary/aromatic N) is 1. The molecule has 1 aromatic heterocycles. The van der Waals surface area contributed by atoms with Crippen molar-refractivity contribution < 1.29 is 9.53 Å². The van der Waals surface area contributed by atoms with Gasteiger partial charge in [0, 0.05) is 18.2 Å². The van der Waals surface area contributed by atoms with Gasteiger partial charge in [0.05, 0.1) is 11.2 Å². The zero-order valence-electron chi connectivity index (χ0n) is 12.5. The number of thiazole rings is 1. The Morgan fingerprint density at radius 3 is 2.59 bits per heavy atom. The van der Waals surface area contributed by atoms with Crippen molar-refractivity contribution in [1.82, 2.24) is 4.98 Å². The van der Waals surface area contributed by atoms with Crippen LogP contribution in [0.2, 0.25) is 0 Å². The predicted molar refractivity (Wildman–Crippen MR) is 92.4 cm³/mol. The van der Waals surface area contributed by atoms with Crippen molar-refractivity contribution >= 4 is 35.3 Å². The van der Waals surface area contributed by atoms with Crippen LogP contribution in [0, 0.1) is 0 Å². The molecule has 0 aliphatic rings. The number of hydrogen-bond acceptors (Lipinski definition) is 5. The van der Waals surface area contributed by atoms with E-state index in [-0.39, 0.29) is 18.3 Å². The van der Waals surface area contributed by atoms with Crippen LogP contribution in [0.5, 0.6) is 5.75 Å². The molecule has 22 heavy (non-hydrogen) atoms. The number of halogens is 1. The lowest BCUT2D eigenvalue weighted by atomic mass is 10.2. The van der Waals surface area contributed by atoms with Crippen molar-refractivity contribution in [2.45, 2.75) is 19.8 Å². The van der Waals surface area contributed by atoms with Crippen LogP contribution in [0.3, 0.4) is 0 Å². The van der Waals surface area contributed by atoms with Gasteiger partial charge in [-0.3, -0.25) is 4.79 Å². The number of ether oxygens (including phenoxy) is 1. The lowest BCUT2D eigenvalue weighted by Crippen LogP contribution is -2.11. The number of anilines is 1. The van der Waals surface area contributed by atoms with Crippen LogP contribution in [-0.4, -0.2) is 24.0 Å². The van der Waals surface area contributed by atoms with Crippen LogP contribution < -0.4 is 15.8 Å². The Balaban J connectivity index is 0.00000242. The minimum absolute atomic E-state index is 0. The molecule has 5 nitrogen and oxygen atoms in total. The Morgan fingerprint density at radius 1 is 1.36 bits per heavy atom. The van der Waals surface area contributed by atoms with Crippen molar-refractivity contribution in [3.8, 4) is 5.75 Å². The van der Waals surface area contributed by atoms with Gasteiger partial charge in [-0.05, 0) is 24.3 Å². The van der Waals surface area contributed by atoms with E-state index in [1.807, 2.05) is 0 Å². The summed E-state index contributed by atoms with van der Waals surface area (Å²) < 4.78 is 5.38. The molecule has 0 bridgehead atoms. The number of aromatic nitrogens is 1. The van der Waals surface area contributed by atoms with E-state index in [1.54, 1.807) is 30.5 Å². The second kappa shape index (κ2) is 8.73. The average Bonchev–Trinajstić information content (AvgIpc) is 2.97. The summed E-state index contributed by atoms with van der Waals surface area (Å²) >= 11 is 1.42. The molecule has 2 aromatic rings. The maximum absolute atomic E-state index is 12.1. The fourth-order valence-corrected chi connectivity index (χ4v) is 2.48. The average molecular weight is 342 g/mol. The Kier molecular flexibility index (Phi) is 7.31. The third-order valence-electron chi connectivity index (χ3n) is 2.74. The van der Waals surface area contributed by atoms with Crippen LogP contribution in [0.4, 0.5) is 5.69 Å². The zero-order valence-corrected chi connectivity index (χ0v) is 14.2. The summed E-state index contributed by atoms with van der Waals surface area (Å²) in [5.41, 5.74) is 6.09. The highest BCUT2D eigenvalue weighted by Gasteiger charge is 2.12. The Hall–Kier alpha value is -1.63. The molecule has 3 N–H and O–H groups in total. The summed E-state index contributed by atoms with van der Waals surface area (Å²) in [7, 11) is 0. The highest BCUT2D eigenvalue weighted by Crippen LogP contribution is 2.22. The highest BCUT2D eigenvalue weighted by molar-refractivity contribution is 7.13. The first-order chi connectivity index (χ1) is 10.1. The summed E-state index contributed by atoms with van der Waals surface area (Å²) in [5.74, 6) is 0.920. The molecule has 0 spiro atoms. The van der Waals surface area contributed by atoms with Crippen LogP contribution in [0.25, 0.3) is 0 Å². The van der Waals surface area contributed by atoms with Crippen LogP contribution in [-0.2, 0) is 0 Å². The number of nitrogens with one attached hydrogen (secondary N) is 1. The quantitative estimate of drug-likeness (QED) is 0.845. The molecule has 120 valence electrons. The Morgan fingerprint density at radius 2 is 2.05 bits per heavy atom. The van der Waals surface area contributed by atoms with Gasteiger partial charge in [0.2, 0.25) is 0 Å². The molecule has 0 aliphatic heterocycles. The zero-order chi connectivity index (χ0) is 15.2. The molecule has 1 amide bonds. The molecule has 7 heteroatoms. The molecule has 0 saturated heterocycles. The molecule has 0 aliphatic carbocycles. The maximum atomic E-state index is 12.1. The van der Waals surface area contributed by atoms with Gasteiger partial charge in [0.25, 0.3) is 5.91 Å². The third-order valence-corrected chi connectivity index (χ3v) is 4.04. The van der Waals surface area contributed by atoms with E-state index in [2.05, 4.69) is 24.1 Å². The summed E-state index contributed by atoms with van der Waals surface area (Å²) in [6, 6.07) is 7.21. The smallest absolute Gasteiger partial charge is 0.267 e. The number of carbonyl (C=O) groups excluding carboxylic acids is 1. The minimum atomic E-state index is -0.143. The molecule has 1 heterocycles. The van der Waals surface area contributed by atoms with Gasteiger partial charge in [-0.2, -0.15) is 0 Å². The molecular weight excluding hydrogens is 322 g/mol. The van der Waals surface area contributed by atoms with E-state index in [9.17, 15) is 4.79 Å². The van der Waals surface area contributed by atoms with E-state index in [0.717, 1.165) is 16.4 Å². The van der Waals surface area contributed by atoms with Crippen molar-refractivity contribution in [3.05, 3.63) is 40.3 Å². The molecule has 0 saturated carbocycles. The van der Waals surface area contributed by atoms with Gasteiger partial charge in [0.1, 0.15) is 17.2 Å². The van der Waals surface area contributed by atoms with E-state index < -0.39 is 0 Å². The summed E-state index contributed by atoms with van der Waals surface area (Å²) in [4.78, 5) is 17.0. The second-order valence-electron chi connectivity index (χ2n) is 4.83. The normalized spacial score (nSPS) is 10.2. The monoisotopic (exact) mass is 341 g/mol. The molecule has 0 atom stereocenters. The van der Waals surface area contributed by atoms with E-state index in [0.29, 0.717) is 23.9 Å². The topological polar surface area (TPSA) is 77.2 Å². The summed E-state index contributed by atoms with van der Waals surface area (Å²) in [6.45, 7) is 5.06. The number of carbonyl (C=O) groups is 1. The van der Waals surface area contributed by atoms with Crippen molar-refractivity contribution in [3.63, 3.8) is 0 Å². The number of rotatable bonds is 6. The summed E-state index contributed by atoms with van der Waals surface area (Å²) in [5, 5.41) is 3.81. The first-order valence-electron chi connectivity index (χ1n) is 6.80. The van der Waals surface area contributed by atoms with Gasteiger partial charge < -0.3 is 15.8 Å². The molecule has 0 unspecified atom stereocenters. The van der Waals surface area contributed by atoms with Gasteiger partial charge in [0.15, 0.2) is 0 Å². The van der Waals surface area contributed by atoms with Gasteiger partial charge in [-0.25, -0.2) is 4.98 Å². The SMILES string of the molecule is CC(C)c1ncc(C(=O)Nc2ccc(OCCN)cc2)s1.Cl. The lowest BCUT2D eigenvalue weighted by Gasteiger charge is -2.06. The largest absolute Gasteiger partial charge is 0.492 e. The van der Waals surface area contributed by atoms with Crippen LogP contribution in [0.15, 0.2) is 30.5 Å². The molecule has 2 rings (SSSR count). The van der Waals surface area contributed by atoms with E-state index in [4.69, 9.17) is 10.5 Å². The first kappa shape index (κ1) is 18.4. The van der Waals surface area contributed by atoms with E-state index in [1.165, 1.54) is 11.3 Å².